The predicted octanol–water partition coefficient (Wildman–Crippen LogP) is 4.93. The second-order valence-corrected chi connectivity index (χ2v) is 7.29. The standard InChI is InChI=1S/C20H17NO3S2/c1-24-20(23)19-18(16(12-26-19)14-8-4-2-5-9-14)21-17(22)13-25-15-10-6-3-7-11-15/h2-12H,13H2,1H3,(H,21,22). The van der Waals surface area contributed by atoms with Gasteiger partial charge in [-0.15, -0.1) is 23.1 Å². The van der Waals surface area contributed by atoms with E-state index in [2.05, 4.69) is 5.32 Å². The first kappa shape index (κ1) is 18.2. The Kier molecular flexibility index (Phi) is 6.09. The Balaban J connectivity index is 1.81. The van der Waals surface area contributed by atoms with Crippen LogP contribution in [0.5, 0.6) is 0 Å². The van der Waals surface area contributed by atoms with Gasteiger partial charge < -0.3 is 10.1 Å². The quantitative estimate of drug-likeness (QED) is 0.484. The molecule has 1 heterocycles. The minimum absolute atomic E-state index is 0.167. The number of ether oxygens (including phenoxy) is 1. The molecule has 4 nitrogen and oxygen atoms in total. The van der Waals surface area contributed by atoms with Crippen molar-refractivity contribution < 1.29 is 14.3 Å². The number of benzene rings is 2. The van der Waals surface area contributed by atoms with Crippen molar-refractivity contribution >= 4 is 40.7 Å². The number of nitrogens with one attached hydrogen (secondary N) is 1. The topological polar surface area (TPSA) is 55.4 Å². The Morgan fingerprint density at radius 2 is 1.69 bits per heavy atom. The number of thioether (sulfide) groups is 1. The summed E-state index contributed by atoms with van der Waals surface area (Å²) in [5.74, 6) is -0.364. The van der Waals surface area contributed by atoms with Crippen molar-refractivity contribution in [2.45, 2.75) is 4.90 Å². The van der Waals surface area contributed by atoms with Gasteiger partial charge in [0, 0.05) is 15.8 Å². The molecule has 0 bridgehead atoms. The third kappa shape index (κ3) is 4.33. The van der Waals surface area contributed by atoms with Crippen LogP contribution in [-0.2, 0) is 9.53 Å². The van der Waals surface area contributed by atoms with Crippen LogP contribution >= 0.6 is 23.1 Å². The van der Waals surface area contributed by atoms with Gasteiger partial charge in [-0.2, -0.15) is 0 Å². The summed E-state index contributed by atoms with van der Waals surface area (Å²) in [5.41, 5.74) is 2.26. The zero-order chi connectivity index (χ0) is 18.4. The summed E-state index contributed by atoms with van der Waals surface area (Å²) in [6.07, 6.45) is 0. The van der Waals surface area contributed by atoms with Crippen LogP contribution < -0.4 is 5.32 Å². The van der Waals surface area contributed by atoms with Gasteiger partial charge in [-0.05, 0) is 17.7 Å². The number of thiophene rings is 1. The lowest BCUT2D eigenvalue weighted by Gasteiger charge is -2.09. The molecule has 1 amide bonds. The molecular weight excluding hydrogens is 366 g/mol. The minimum atomic E-state index is -0.455. The third-order valence-electron chi connectivity index (χ3n) is 3.62. The van der Waals surface area contributed by atoms with Crippen molar-refractivity contribution in [3.8, 4) is 11.1 Å². The van der Waals surface area contributed by atoms with Gasteiger partial charge in [0.1, 0.15) is 4.88 Å². The summed E-state index contributed by atoms with van der Waals surface area (Å²) in [5, 5.41) is 4.76. The molecule has 0 radical (unpaired) electrons. The number of hydrogen-bond acceptors (Lipinski definition) is 5. The molecule has 0 fully saturated rings. The van der Waals surface area contributed by atoms with E-state index in [4.69, 9.17) is 4.74 Å². The smallest absolute Gasteiger partial charge is 0.350 e. The zero-order valence-electron chi connectivity index (χ0n) is 14.1. The highest BCUT2D eigenvalue weighted by Crippen LogP contribution is 2.37. The number of anilines is 1. The van der Waals surface area contributed by atoms with Crippen molar-refractivity contribution in [1.82, 2.24) is 0 Å². The number of esters is 1. The predicted molar refractivity (Wildman–Crippen MR) is 107 cm³/mol. The van der Waals surface area contributed by atoms with E-state index in [1.807, 2.05) is 66.0 Å². The van der Waals surface area contributed by atoms with Crippen molar-refractivity contribution in [2.24, 2.45) is 0 Å². The van der Waals surface area contributed by atoms with Crippen molar-refractivity contribution in [3.63, 3.8) is 0 Å². The van der Waals surface area contributed by atoms with Gasteiger partial charge in [0.15, 0.2) is 0 Å². The highest BCUT2D eigenvalue weighted by molar-refractivity contribution is 8.00. The molecule has 0 saturated carbocycles. The van der Waals surface area contributed by atoms with E-state index in [0.29, 0.717) is 10.6 Å². The lowest BCUT2D eigenvalue weighted by molar-refractivity contribution is -0.113. The zero-order valence-corrected chi connectivity index (χ0v) is 15.7. The molecule has 0 aliphatic heterocycles. The van der Waals surface area contributed by atoms with Crippen LogP contribution in [0.2, 0.25) is 0 Å². The summed E-state index contributed by atoms with van der Waals surface area (Å²) < 4.78 is 4.85. The Hall–Kier alpha value is -2.57. The molecule has 0 saturated heterocycles. The Morgan fingerprint density at radius 3 is 2.35 bits per heavy atom. The maximum Gasteiger partial charge on any atom is 0.350 e. The van der Waals surface area contributed by atoms with Crippen LogP contribution in [0, 0.1) is 0 Å². The van der Waals surface area contributed by atoms with Crippen LogP contribution in [0.4, 0.5) is 5.69 Å². The number of methoxy groups -OCH3 is 1. The van der Waals surface area contributed by atoms with Crippen LogP contribution in [-0.4, -0.2) is 24.7 Å². The van der Waals surface area contributed by atoms with Crippen LogP contribution in [0.1, 0.15) is 9.67 Å². The summed E-state index contributed by atoms with van der Waals surface area (Å²) in [4.78, 5) is 25.9. The summed E-state index contributed by atoms with van der Waals surface area (Å²) in [6.45, 7) is 0. The van der Waals surface area contributed by atoms with Crippen molar-refractivity contribution in [2.75, 3.05) is 18.2 Å². The van der Waals surface area contributed by atoms with E-state index in [1.54, 1.807) is 0 Å². The first-order valence-corrected chi connectivity index (χ1v) is 9.78. The Morgan fingerprint density at radius 1 is 1.04 bits per heavy atom. The maximum atomic E-state index is 12.5. The number of hydrogen-bond donors (Lipinski definition) is 1. The molecule has 1 N–H and O–H groups in total. The fourth-order valence-electron chi connectivity index (χ4n) is 2.40. The molecule has 0 aliphatic carbocycles. The second-order valence-electron chi connectivity index (χ2n) is 5.36. The SMILES string of the molecule is COC(=O)c1scc(-c2ccccc2)c1NC(=O)CSc1ccccc1. The first-order chi connectivity index (χ1) is 12.7. The highest BCUT2D eigenvalue weighted by Gasteiger charge is 2.21. The summed E-state index contributed by atoms with van der Waals surface area (Å²) >= 11 is 2.71. The fraction of sp³-hybridized carbons (Fsp3) is 0.100. The number of rotatable bonds is 6. The number of amides is 1. The van der Waals surface area contributed by atoms with E-state index in [1.165, 1.54) is 30.2 Å². The maximum absolute atomic E-state index is 12.5. The average Bonchev–Trinajstić information content (AvgIpc) is 3.10. The molecule has 3 rings (SSSR count). The van der Waals surface area contributed by atoms with E-state index in [-0.39, 0.29) is 11.7 Å². The van der Waals surface area contributed by atoms with Gasteiger partial charge >= 0.3 is 5.97 Å². The number of carbonyl (C=O) groups excluding carboxylic acids is 2. The molecule has 26 heavy (non-hydrogen) atoms. The van der Waals surface area contributed by atoms with E-state index >= 15 is 0 Å². The molecule has 0 spiro atoms. The largest absolute Gasteiger partial charge is 0.465 e. The summed E-state index contributed by atoms with van der Waals surface area (Å²) in [6, 6.07) is 19.4. The molecule has 2 aromatic carbocycles. The van der Waals surface area contributed by atoms with E-state index < -0.39 is 5.97 Å². The summed E-state index contributed by atoms with van der Waals surface area (Å²) in [7, 11) is 1.33. The van der Waals surface area contributed by atoms with E-state index in [0.717, 1.165) is 16.0 Å². The van der Waals surface area contributed by atoms with Gasteiger partial charge in [-0.25, -0.2) is 4.79 Å². The number of carbonyl (C=O) groups is 2. The second kappa shape index (κ2) is 8.69. The third-order valence-corrected chi connectivity index (χ3v) is 5.60. The molecule has 3 aromatic rings. The van der Waals surface area contributed by atoms with Gasteiger partial charge in [0.25, 0.3) is 0 Å². The van der Waals surface area contributed by atoms with Crippen molar-refractivity contribution in [1.29, 1.82) is 0 Å². The monoisotopic (exact) mass is 383 g/mol. The van der Waals surface area contributed by atoms with Gasteiger partial charge in [0.05, 0.1) is 18.6 Å². The molecule has 132 valence electrons. The fourth-order valence-corrected chi connectivity index (χ4v) is 4.06. The van der Waals surface area contributed by atoms with E-state index in [9.17, 15) is 9.59 Å². The first-order valence-electron chi connectivity index (χ1n) is 7.92. The van der Waals surface area contributed by atoms with Crippen LogP contribution in [0.3, 0.4) is 0 Å². The molecule has 1 aromatic heterocycles. The van der Waals surface area contributed by atoms with Crippen molar-refractivity contribution in [3.05, 3.63) is 70.9 Å². The van der Waals surface area contributed by atoms with Crippen LogP contribution in [0.15, 0.2) is 70.9 Å². The molecule has 6 heteroatoms. The van der Waals surface area contributed by atoms with Gasteiger partial charge in [-0.1, -0.05) is 48.5 Å². The van der Waals surface area contributed by atoms with Gasteiger partial charge in [0.2, 0.25) is 5.91 Å². The molecule has 0 atom stereocenters. The minimum Gasteiger partial charge on any atom is -0.465 e. The Labute approximate surface area is 160 Å². The average molecular weight is 383 g/mol. The molecule has 0 unspecified atom stereocenters. The van der Waals surface area contributed by atoms with Crippen LogP contribution in [0.25, 0.3) is 11.1 Å². The molecule has 0 aliphatic rings. The highest BCUT2D eigenvalue weighted by atomic mass is 32.2. The van der Waals surface area contributed by atoms with Gasteiger partial charge in [-0.3, -0.25) is 4.79 Å². The Bertz CT molecular complexity index is 892. The normalized spacial score (nSPS) is 10.3. The lowest BCUT2D eigenvalue weighted by Crippen LogP contribution is -2.16. The molecular formula is C20H17NO3S2. The lowest BCUT2D eigenvalue weighted by atomic mass is 10.1.